The highest BCUT2D eigenvalue weighted by Gasteiger charge is 2.07. The number of halogens is 1. The van der Waals surface area contributed by atoms with Crippen molar-refractivity contribution >= 4 is 27.7 Å². The van der Waals surface area contributed by atoms with Crippen LogP contribution in [-0.2, 0) is 6.42 Å². The van der Waals surface area contributed by atoms with Crippen molar-refractivity contribution in [1.82, 2.24) is 0 Å². The zero-order chi connectivity index (χ0) is 15.1. The van der Waals surface area contributed by atoms with Crippen molar-refractivity contribution in [3.8, 4) is 5.75 Å². The third kappa shape index (κ3) is 5.73. The van der Waals surface area contributed by atoms with E-state index in [-0.39, 0.29) is 6.04 Å². The van der Waals surface area contributed by atoms with E-state index in [9.17, 15) is 0 Å². The van der Waals surface area contributed by atoms with Gasteiger partial charge >= 0.3 is 0 Å². The monoisotopic (exact) mass is 365 g/mol. The summed E-state index contributed by atoms with van der Waals surface area (Å²) >= 11 is 5.30. The Bertz CT molecular complexity index is 560. The Balaban J connectivity index is 1.87. The van der Waals surface area contributed by atoms with E-state index in [1.54, 1.807) is 11.8 Å². The fraction of sp³-hybridized carbons (Fsp3) is 0.294. The third-order valence-electron chi connectivity index (χ3n) is 2.92. The van der Waals surface area contributed by atoms with Crippen molar-refractivity contribution in [1.29, 1.82) is 0 Å². The summed E-state index contributed by atoms with van der Waals surface area (Å²) in [6, 6.07) is 16.6. The quantitative estimate of drug-likeness (QED) is 0.579. The second kappa shape index (κ2) is 8.47. The second-order valence-corrected chi connectivity index (χ2v) is 7.03. The minimum atomic E-state index is 0.125. The molecule has 0 saturated carbocycles. The van der Waals surface area contributed by atoms with Gasteiger partial charge in [-0.2, -0.15) is 0 Å². The van der Waals surface area contributed by atoms with E-state index in [2.05, 4.69) is 46.3 Å². The predicted molar refractivity (Wildman–Crippen MR) is 94.2 cm³/mol. The summed E-state index contributed by atoms with van der Waals surface area (Å²) in [7, 11) is 0. The Hall–Kier alpha value is -0.970. The van der Waals surface area contributed by atoms with Gasteiger partial charge in [0, 0.05) is 21.2 Å². The summed E-state index contributed by atoms with van der Waals surface area (Å²) in [4.78, 5) is 1.27. The number of nitrogens with two attached hydrogens (primary N) is 1. The molecule has 0 aliphatic heterocycles. The van der Waals surface area contributed by atoms with Crippen LogP contribution in [0.15, 0.2) is 57.9 Å². The van der Waals surface area contributed by atoms with Gasteiger partial charge in [0.05, 0.1) is 6.61 Å². The van der Waals surface area contributed by atoms with Gasteiger partial charge < -0.3 is 10.5 Å². The molecule has 0 aromatic heterocycles. The first kappa shape index (κ1) is 16.4. The molecule has 1 unspecified atom stereocenters. The van der Waals surface area contributed by atoms with Crippen molar-refractivity contribution in [2.45, 2.75) is 24.3 Å². The molecule has 2 aromatic rings. The van der Waals surface area contributed by atoms with E-state index < -0.39 is 0 Å². The summed E-state index contributed by atoms with van der Waals surface area (Å²) in [5, 5.41) is 0. The van der Waals surface area contributed by atoms with Gasteiger partial charge in [-0.05, 0) is 49.2 Å². The number of hydrogen-bond acceptors (Lipinski definition) is 3. The van der Waals surface area contributed by atoms with Crippen molar-refractivity contribution in [3.63, 3.8) is 0 Å². The Morgan fingerprint density at radius 1 is 1.19 bits per heavy atom. The predicted octanol–water partition coefficient (Wildman–Crippen LogP) is 4.51. The molecule has 0 amide bonds. The van der Waals surface area contributed by atoms with Gasteiger partial charge in [-0.1, -0.05) is 34.1 Å². The Labute approximate surface area is 139 Å². The van der Waals surface area contributed by atoms with E-state index in [1.807, 2.05) is 25.1 Å². The van der Waals surface area contributed by atoms with E-state index in [0.29, 0.717) is 6.61 Å². The van der Waals surface area contributed by atoms with Crippen LogP contribution in [0.5, 0.6) is 5.75 Å². The average molecular weight is 366 g/mol. The van der Waals surface area contributed by atoms with Crippen LogP contribution in [-0.4, -0.2) is 18.4 Å². The number of rotatable bonds is 7. The lowest BCUT2D eigenvalue weighted by Gasteiger charge is -2.13. The first-order valence-electron chi connectivity index (χ1n) is 7.00. The summed E-state index contributed by atoms with van der Waals surface area (Å²) in [6.07, 6.45) is 0.820. The van der Waals surface area contributed by atoms with Crippen molar-refractivity contribution in [3.05, 3.63) is 58.6 Å². The lowest BCUT2D eigenvalue weighted by Crippen LogP contribution is -2.18. The number of thioether (sulfide) groups is 1. The average Bonchev–Trinajstić information content (AvgIpc) is 2.46. The molecule has 2 aromatic carbocycles. The zero-order valence-electron chi connectivity index (χ0n) is 12.1. The van der Waals surface area contributed by atoms with Crippen LogP contribution < -0.4 is 10.5 Å². The maximum Gasteiger partial charge on any atom is 0.122 e. The third-order valence-corrected chi connectivity index (χ3v) is 4.39. The van der Waals surface area contributed by atoms with Crippen LogP contribution >= 0.6 is 27.7 Å². The minimum Gasteiger partial charge on any atom is -0.492 e. The van der Waals surface area contributed by atoms with Gasteiger partial charge in [0.15, 0.2) is 0 Å². The molecule has 112 valence electrons. The van der Waals surface area contributed by atoms with E-state index >= 15 is 0 Å². The highest BCUT2D eigenvalue weighted by molar-refractivity contribution is 9.10. The fourth-order valence-corrected chi connectivity index (χ4v) is 3.18. The summed E-state index contributed by atoms with van der Waals surface area (Å²) in [5.74, 6) is 1.86. The maximum absolute atomic E-state index is 5.92. The molecule has 4 heteroatoms. The highest BCUT2D eigenvalue weighted by atomic mass is 79.9. The summed E-state index contributed by atoms with van der Waals surface area (Å²) in [5.41, 5.74) is 7.06. The maximum atomic E-state index is 5.92. The van der Waals surface area contributed by atoms with Gasteiger partial charge in [0.2, 0.25) is 0 Å². The van der Waals surface area contributed by atoms with Gasteiger partial charge in [-0.15, -0.1) is 11.8 Å². The molecule has 0 saturated heterocycles. The second-order valence-electron chi connectivity index (χ2n) is 4.94. The molecule has 0 radical (unpaired) electrons. The van der Waals surface area contributed by atoms with Crippen LogP contribution in [0.25, 0.3) is 0 Å². The molecule has 0 bridgehead atoms. The van der Waals surface area contributed by atoms with E-state index in [4.69, 9.17) is 10.5 Å². The van der Waals surface area contributed by atoms with Crippen molar-refractivity contribution in [2.75, 3.05) is 12.4 Å². The van der Waals surface area contributed by atoms with Gasteiger partial charge in [-0.3, -0.25) is 0 Å². The van der Waals surface area contributed by atoms with Crippen LogP contribution in [0, 0.1) is 0 Å². The van der Waals surface area contributed by atoms with Crippen LogP contribution in [0.4, 0.5) is 0 Å². The normalized spacial score (nSPS) is 12.1. The number of hydrogen-bond donors (Lipinski definition) is 1. The fourth-order valence-electron chi connectivity index (χ4n) is 2.02. The molecule has 0 spiro atoms. The van der Waals surface area contributed by atoms with Gasteiger partial charge in [-0.25, -0.2) is 0 Å². The first-order valence-corrected chi connectivity index (χ1v) is 8.77. The topological polar surface area (TPSA) is 35.2 Å². The van der Waals surface area contributed by atoms with Crippen LogP contribution in [0.1, 0.15) is 12.5 Å². The molecule has 0 heterocycles. The molecule has 1 atom stereocenters. The van der Waals surface area contributed by atoms with Crippen LogP contribution in [0.2, 0.25) is 0 Å². The molecule has 2 nitrogen and oxygen atoms in total. The number of benzene rings is 2. The zero-order valence-corrected chi connectivity index (χ0v) is 14.5. The lowest BCUT2D eigenvalue weighted by atomic mass is 10.1. The van der Waals surface area contributed by atoms with Gasteiger partial charge in [0.25, 0.3) is 0 Å². The molecule has 21 heavy (non-hydrogen) atoms. The highest BCUT2D eigenvalue weighted by Crippen LogP contribution is 2.25. The SMILES string of the molecule is CC(N)Cc1cc(Br)ccc1OCCSc1ccccc1. The van der Waals surface area contributed by atoms with E-state index in [1.165, 1.54) is 4.90 Å². The Morgan fingerprint density at radius 2 is 1.95 bits per heavy atom. The van der Waals surface area contributed by atoms with E-state index in [0.717, 1.165) is 28.0 Å². The van der Waals surface area contributed by atoms with Crippen molar-refractivity contribution in [2.24, 2.45) is 5.73 Å². The van der Waals surface area contributed by atoms with Crippen LogP contribution in [0.3, 0.4) is 0 Å². The minimum absolute atomic E-state index is 0.125. The standard InChI is InChI=1S/C17H20BrNOS/c1-13(19)11-14-12-15(18)7-8-17(14)20-9-10-21-16-5-3-2-4-6-16/h2-8,12-13H,9-11,19H2,1H3. The Morgan fingerprint density at radius 3 is 2.67 bits per heavy atom. The molecule has 2 N–H and O–H groups in total. The van der Waals surface area contributed by atoms with Gasteiger partial charge in [0.1, 0.15) is 5.75 Å². The molecule has 2 rings (SSSR count). The first-order chi connectivity index (χ1) is 10.1. The summed E-state index contributed by atoms with van der Waals surface area (Å²) < 4.78 is 6.98. The molecule has 0 aliphatic rings. The Kier molecular flexibility index (Phi) is 6.61. The largest absolute Gasteiger partial charge is 0.492 e. The smallest absolute Gasteiger partial charge is 0.122 e. The molecular formula is C17H20BrNOS. The molecular weight excluding hydrogens is 346 g/mol. The molecule has 0 aliphatic carbocycles. The number of ether oxygens (including phenoxy) is 1. The molecule has 0 fully saturated rings. The lowest BCUT2D eigenvalue weighted by molar-refractivity contribution is 0.339. The van der Waals surface area contributed by atoms with Crippen molar-refractivity contribution < 1.29 is 4.74 Å². The summed E-state index contributed by atoms with van der Waals surface area (Å²) in [6.45, 7) is 2.70.